The van der Waals surface area contributed by atoms with E-state index in [1.807, 2.05) is 30.3 Å². The number of benzene rings is 2. The molecular formula is C16H17FN2O3S. The van der Waals surface area contributed by atoms with Gasteiger partial charge in [0.2, 0.25) is 15.9 Å². The molecule has 0 heterocycles. The molecule has 23 heavy (non-hydrogen) atoms. The average molecular weight is 336 g/mol. The third-order valence-electron chi connectivity index (χ3n) is 3.07. The third-order valence-corrected chi connectivity index (χ3v) is 4.55. The van der Waals surface area contributed by atoms with Crippen LogP contribution in [-0.4, -0.2) is 27.4 Å². The van der Waals surface area contributed by atoms with E-state index in [4.69, 9.17) is 0 Å². The van der Waals surface area contributed by atoms with Gasteiger partial charge >= 0.3 is 0 Å². The highest BCUT2D eigenvalue weighted by Gasteiger charge is 2.13. The molecule has 0 saturated heterocycles. The maximum atomic E-state index is 12.8. The van der Waals surface area contributed by atoms with Crippen LogP contribution in [-0.2, 0) is 21.2 Å². The molecule has 122 valence electrons. The Morgan fingerprint density at radius 1 is 0.957 bits per heavy atom. The number of halogens is 1. The van der Waals surface area contributed by atoms with Crippen molar-refractivity contribution >= 4 is 15.9 Å². The van der Waals surface area contributed by atoms with Crippen LogP contribution < -0.4 is 10.0 Å². The molecule has 0 aliphatic carbocycles. The number of rotatable bonds is 7. The summed E-state index contributed by atoms with van der Waals surface area (Å²) >= 11 is 0. The fraction of sp³-hybridized carbons (Fsp3) is 0.188. The van der Waals surface area contributed by atoms with E-state index in [1.165, 1.54) is 12.1 Å². The van der Waals surface area contributed by atoms with Crippen LogP contribution in [0.1, 0.15) is 5.56 Å². The van der Waals surface area contributed by atoms with Crippen LogP contribution >= 0.6 is 0 Å². The Hall–Kier alpha value is -2.25. The van der Waals surface area contributed by atoms with Crippen molar-refractivity contribution < 1.29 is 17.6 Å². The van der Waals surface area contributed by atoms with E-state index in [2.05, 4.69) is 10.0 Å². The van der Waals surface area contributed by atoms with Crippen molar-refractivity contribution in [1.29, 1.82) is 0 Å². The molecule has 0 aliphatic rings. The molecule has 0 unspecified atom stereocenters. The number of carbonyl (C=O) groups is 1. The topological polar surface area (TPSA) is 75.3 Å². The Balaban J connectivity index is 1.76. The van der Waals surface area contributed by atoms with Crippen molar-refractivity contribution in [1.82, 2.24) is 10.0 Å². The molecule has 2 aromatic rings. The molecule has 0 aromatic heterocycles. The molecule has 2 aromatic carbocycles. The lowest BCUT2D eigenvalue weighted by atomic mass is 10.1. The van der Waals surface area contributed by atoms with Crippen molar-refractivity contribution in [3.05, 3.63) is 66.0 Å². The number of nitrogens with one attached hydrogen (secondary N) is 2. The minimum absolute atomic E-state index is 0.0190. The Bertz CT molecular complexity index is 747. The number of hydrogen-bond donors (Lipinski definition) is 2. The number of carbonyl (C=O) groups excluding carboxylic acids is 1. The number of amides is 1. The van der Waals surface area contributed by atoms with Crippen LogP contribution in [0.2, 0.25) is 0 Å². The highest BCUT2D eigenvalue weighted by atomic mass is 32.2. The normalized spacial score (nSPS) is 11.2. The summed E-state index contributed by atoms with van der Waals surface area (Å²) in [5.41, 5.74) is 0.886. The molecule has 0 spiro atoms. The van der Waals surface area contributed by atoms with Gasteiger partial charge in [-0.2, -0.15) is 0 Å². The Morgan fingerprint density at radius 3 is 2.26 bits per heavy atom. The monoisotopic (exact) mass is 336 g/mol. The van der Waals surface area contributed by atoms with E-state index in [9.17, 15) is 17.6 Å². The zero-order valence-electron chi connectivity index (χ0n) is 12.3. The quantitative estimate of drug-likeness (QED) is 0.752. The highest BCUT2D eigenvalue weighted by Crippen LogP contribution is 2.08. The Labute approximate surface area is 134 Å². The van der Waals surface area contributed by atoms with Crippen LogP contribution in [0.5, 0.6) is 0 Å². The Morgan fingerprint density at radius 2 is 1.61 bits per heavy atom. The summed E-state index contributed by atoms with van der Waals surface area (Å²) in [6.45, 7) is 0.229. The first-order chi connectivity index (χ1) is 11.0. The first-order valence-electron chi connectivity index (χ1n) is 7.03. The molecule has 2 rings (SSSR count). The van der Waals surface area contributed by atoms with Crippen molar-refractivity contribution in [2.24, 2.45) is 0 Å². The van der Waals surface area contributed by atoms with E-state index in [1.54, 1.807) is 0 Å². The first kappa shape index (κ1) is 17.1. The van der Waals surface area contributed by atoms with Crippen LogP contribution in [0, 0.1) is 5.82 Å². The van der Waals surface area contributed by atoms with Gasteiger partial charge in [-0.15, -0.1) is 0 Å². The van der Waals surface area contributed by atoms with E-state index in [0.717, 1.165) is 17.7 Å². The summed E-state index contributed by atoms with van der Waals surface area (Å²) in [5, 5.41) is 2.64. The molecule has 2 N–H and O–H groups in total. The summed E-state index contributed by atoms with van der Waals surface area (Å²) in [6.07, 6.45) is 0.242. The predicted molar refractivity (Wildman–Crippen MR) is 84.7 cm³/mol. The van der Waals surface area contributed by atoms with Gasteiger partial charge in [0, 0.05) is 13.1 Å². The highest BCUT2D eigenvalue weighted by molar-refractivity contribution is 7.89. The van der Waals surface area contributed by atoms with Crippen LogP contribution in [0.3, 0.4) is 0 Å². The smallest absolute Gasteiger partial charge is 0.240 e. The summed E-state index contributed by atoms with van der Waals surface area (Å²) in [5.74, 6) is -0.686. The van der Waals surface area contributed by atoms with Crippen molar-refractivity contribution in [2.75, 3.05) is 13.1 Å². The molecule has 7 heteroatoms. The van der Waals surface area contributed by atoms with Crippen molar-refractivity contribution in [3.8, 4) is 0 Å². The summed E-state index contributed by atoms with van der Waals surface area (Å²) in [4.78, 5) is 11.7. The van der Waals surface area contributed by atoms with E-state index in [0.29, 0.717) is 0 Å². The predicted octanol–water partition coefficient (Wildman–Crippen LogP) is 1.46. The maximum Gasteiger partial charge on any atom is 0.240 e. The fourth-order valence-electron chi connectivity index (χ4n) is 1.93. The molecule has 0 atom stereocenters. The van der Waals surface area contributed by atoms with Gasteiger partial charge in [-0.3, -0.25) is 4.79 Å². The van der Waals surface area contributed by atoms with Crippen LogP contribution in [0.25, 0.3) is 0 Å². The van der Waals surface area contributed by atoms with E-state index < -0.39 is 15.8 Å². The van der Waals surface area contributed by atoms with Crippen molar-refractivity contribution in [3.63, 3.8) is 0 Å². The molecule has 0 bridgehead atoms. The molecular weight excluding hydrogens is 319 g/mol. The number of sulfonamides is 1. The van der Waals surface area contributed by atoms with Gasteiger partial charge in [-0.05, 0) is 29.8 Å². The van der Waals surface area contributed by atoms with Gasteiger partial charge in [0.05, 0.1) is 11.3 Å². The standard InChI is InChI=1S/C16H17FN2O3S/c17-14-6-8-15(9-7-14)23(21,22)19-11-10-18-16(20)12-13-4-2-1-3-5-13/h1-9,19H,10-12H2,(H,18,20). The SMILES string of the molecule is O=C(Cc1ccccc1)NCCNS(=O)(=O)c1ccc(F)cc1. The molecule has 5 nitrogen and oxygen atoms in total. The molecule has 0 radical (unpaired) electrons. The second-order valence-corrected chi connectivity index (χ2v) is 6.63. The summed E-state index contributed by atoms with van der Waals surface area (Å²) in [7, 11) is -3.70. The van der Waals surface area contributed by atoms with Gasteiger partial charge in [0.15, 0.2) is 0 Å². The molecule has 1 amide bonds. The van der Waals surface area contributed by atoms with E-state index in [-0.39, 0.29) is 30.3 Å². The fourth-order valence-corrected chi connectivity index (χ4v) is 2.96. The lowest BCUT2D eigenvalue weighted by Gasteiger charge is -2.08. The zero-order valence-corrected chi connectivity index (χ0v) is 13.1. The molecule has 0 saturated carbocycles. The van der Waals surface area contributed by atoms with Gasteiger partial charge in [0.1, 0.15) is 5.82 Å². The number of hydrogen-bond acceptors (Lipinski definition) is 3. The van der Waals surface area contributed by atoms with Crippen LogP contribution in [0.15, 0.2) is 59.5 Å². The maximum absolute atomic E-state index is 12.8. The third kappa shape index (κ3) is 5.46. The van der Waals surface area contributed by atoms with Gasteiger partial charge in [-0.25, -0.2) is 17.5 Å². The summed E-state index contributed by atoms with van der Waals surface area (Å²) in [6, 6.07) is 13.8. The Kier molecular flexibility index (Phi) is 5.84. The summed E-state index contributed by atoms with van der Waals surface area (Å²) < 4.78 is 39.0. The zero-order chi connectivity index (χ0) is 16.7. The first-order valence-corrected chi connectivity index (χ1v) is 8.51. The van der Waals surface area contributed by atoms with Crippen molar-refractivity contribution in [2.45, 2.75) is 11.3 Å². The lowest BCUT2D eigenvalue weighted by Crippen LogP contribution is -2.35. The second-order valence-electron chi connectivity index (χ2n) is 4.86. The van der Waals surface area contributed by atoms with Gasteiger partial charge in [0.25, 0.3) is 0 Å². The lowest BCUT2D eigenvalue weighted by molar-refractivity contribution is -0.120. The molecule has 0 aliphatic heterocycles. The van der Waals surface area contributed by atoms with Gasteiger partial charge in [-0.1, -0.05) is 30.3 Å². The molecule has 0 fully saturated rings. The minimum Gasteiger partial charge on any atom is -0.355 e. The largest absolute Gasteiger partial charge is 0.355 e. The van der Waals surface area contributed by atoms with E-state index >= 15 is 0 Å². The average Bonchev–Trinajstić information content (AvgIpc) is 2.53. The second kappa shape index (κ2) is 7.85. The van der Waals surface area contributed by atoms with Gasteiger partial charge < -0.3 is 5.32 Å². The van der Waals surface area contributed by atoms with Crippen LogP contribution in [0.4, 0.5) is 4.39 Å². The minimum atomic E-state index is -3.70.